The SMILES string of the molecule is CCCCCCCC(=O)OCCBr. The molecule has 0 fully saturated rings. The fourth-order valence-electron chi connectivity index (χ4n) is 1.10. The van der Waals surface area contributed by atoms with Crippen LogP contribution in [0.4, 0.5) is 0 Å². The molecule has 0 aliphatic heterocycles. The molecule has 0 heterocycles. The number of rotatable bonds is 8. The molecule has 0 aromatic rings. The molecule has 0 saturated heterocycles. The second-order valence-electron chi connectivity index (χ2n) is 3.07. The van der Waals surface area contributed by atoms with Crippen molar-refractivity contribution in [3.63, 3.8) is 0 Å². The van der Waals surface area contributed by atoms with Crippen molar-refractivity contribution in [2.75, 3.05) is 11.9 Å². The predicted octanol–water partition coefficient (Wildman–Crippen LogP) is 3.29. The van der Waals surface area contributed by atoms with Crippen LogP contribution in [0.3, 0.4) is 0 Å². The summed E-state index contributed by atoms with van der Waals surface area (Å²) in [5, 5.41) is 0.731. The molecular weight excluding hydrogens is 232 g/mol. The van der Waals surface area contributed by atoms with Crippen molar-refractivity contribution in [1.29, 1.82) is 0 Å². The highest BCUT2D eigenvalue weighted by Gasteiger charge is 2.00. The second kappa shape index (κ2) is 10.0. The number of hydrogen-bond donors (Lipinski definition) is 0. The fourth-order valence-corrected chi connectivity index (χ4v) is 1.26. The molecule has 0 aromatic heterocycles. The number of carbonyl (C=O) groups is 1. The molecular formula is C10H19BrO2. The molecule has 78 valence electrons. The van der Waals surface area contributed by atoms with E-state index in [9.17, 15) is 4.79 Å². The van der Waals surface area contributed by atoms with Gasteiger partial charge >= 0.3 is 5.97 Å². The molecule has 0 unspecified atom stereocenters. The Morgan fingerprint density at radius 2 is 1.92 bits per heavy atom. The zero-order valence-electron chi connectivity index (χ0n) is 8.35. The first-order valence-electron chi connectivity index (χ1n) is 5.02. The van der Waals surface area contributed by atoms with Gasteiger partial charge in [-0.2, -0.15) is 0 Å². The van der Waals surface area contributed by atoms with E-state index >= 15 is 0 Å². The lowest BCUT2D eigenvalue weighted by molar-refractivity contribution is -0.143. The van der Waals surface area contributed by atoms with Gasteiger partial charge in [-0.05, 0) is 6.42 Å². The van der Waals surface area contributed by atoms with E-state index in [2.05, 4.69) is 22.9 Å². The van der Waals surface area contributed by atoms with Crippen molar-refractivity contribution in [2.24, 2.45) is 0 Å². The Bertz CT molecular complexity index is 126. The maximum absolute atomic E-state index is 11.0. The zero-order chi connectivity index (χ0) is 9.94. The molecule has 2 nitrogen and oxygen atoms in total. The highest BCUT2D eigenvalue weighted by molar-refractivity contribution is 9.09. The Morgan fingerprint density at radius 3 is 2.54 bits per heavy atom. The third kappa shape index (κ3) is 9.87. The first kappa shape index (κ1) is 12.9. The largest absolute Gasteiger partial charge is 0.465 e. The number of alkyl halides is 1. The smallest absolute Gasteiger partial charge is 0.305 e. The van der Waals surface area contributed by atoms with E-state index in [1.54, 1.807) is 0 Å². The molecule has 0 spiro atoms. The van der Waals surface area contributed by atoms with E-state index < -0.39 is 0 Å². The monoisotopic (exact) mass is 250 g/mol. The molecule has 0 aliphatic carbocycles. The number of ether oxygens (including phenoxy) is 1. The van der Waals surface area contributed by atoms with Crippen molar-refractivity contribution in [3.8, 4) is 0 Å². The molecule has 0 amide bonds. The number of carbonyl (C=O) groups excluding carboxylic acids is 1. The lowest BCUT2D eigenvalue weighted by Crippen LogP contribution is -2.05. The van der Waals surface area contributed by atoms with Crippen LogP contribution in [0.5, 0.6) is 0 Å². The fraction of sp³-hybridized carbons (Fsp3) is 0.900. The van der Waals surface area contributed by atoms with Crippen LogP contribution in [0.15, 0.2) is 0 Å². The normalized spacial score (nSPS) is 10.0. The molecule has 0 aliphatic rings. The quantitative estimate of drug-likeness (QED) is 0.376. The van der Waals surface area contributed by atoms with Crippen LogP contribution in [0.25, 0.3) is 0 Å². The summed E-state index contributed by atoms with van der Waals surface area (Å²) in [4.78, 5) is 11.0. The van der Waals surface area contributed by atoms with E-state index in [4.69, 9.17) is 4.74 Å². The average molecular weight is 251 g/mol. The van der Waals surface area contributed by atoms with E-state index in [0.29, 0.717) is 13.0 Å². The summed E-state index contributed by atoms with van der Waals surface area (Å²) in [5.74, 6) is -0.0593. The minimum Gasteiger partial charge on any atom is -0.465 e. The van der Waals surface area contributed by atoms with Crippen LogP contribution in [-0.4, -0.2) is 17.9 Å². The minimum absolute atomic E-state index is 0.0593. The van der Waals surface area contributed by atoms with Crippen molar-refractivity contribution in [3.05, 3.63) is 0 Å². The summed E-state index contributed by atoms with van der Waals surface area (Å²) >= 11 is 3.20. The van der Waals surface area contributed by atoms with E-state index in [-0.39, 0.29) is 5.97 Å². The topological polar surface area (TPSA) is 26.3 Å². The summed E-state index contributed by atoms with van der Waals surface area (Å²) in [7, 11) is 0. The van der Waals surface area contributed by atoms with Gasteiger partial charge in [-0.1, -0.05) is 48.5 Å². The van der Waals surface area contributed by atoms with Crippen LogP contribution in [0.1, 0.15) is 45.4 Å². The maximum atomic E-state index is 11.0. The van der Waals surface area contributed by atoms with Crippen LogP contribution in [-0.2, 0) is 9.53 Å². The van der Waals surface area contributed by atoms with Crippen LogP contribution < -0.4 is 0 Å². The van der Waals surface area contributed by atoms with Crippen molar-refractivity contribution >= 4 is 21.9 Å². The summed E-state index contributed by atoms with van der Waals surface area (Å²) in [6, 6.07) is 0. The molecule has 0 N–H and O–H groups in total. The van der Waals surface area contributed by atoms with Crippen molar-refractivity contribution in [1.82, 2.24) is 0 Å². The first-order valence-corrected chi connectivity index (χ1v) is 6.15. The highest BCUT2D eigenvalue weighted by atomic mass is 79.9. The van der Waals surface area contributed by atoms with Gasteiger partial charge < -0.3 is 4.74 Å². The van der Waals surface area contributed by atoms with Gasteiger partial charge in [0.1, 0.15) is 6.61 Å². The van der Waals surface area contributed by atoms with E-state index in [1.807, 2.05) is 0 Å². The Balaban J connectivity index is 3.08. The first-order chi connectivity index (χ1) is 6.31. The number of esters is 1. The van der Waals surface area contributed by atoms with Gasteiger partial charge in [-0.25, -0.2) is 0 Å². The molecule has 0 aromatic carbocycles. The lowest BCUT2D eigenvalue weighted by Gasteiger charge is -2.01. The number of halogens is 1. The van der Waals surface area contributed by atoms with Gasteiger partial charge in [0.25, 0.3) is 0 Å². The van der Waals surface area contributed by atoms with Gasteiger partial charge in [0.2, 0.25) is 0 Å². The molecule has 0 rings (SSSR count). The Labute approximate surface area is 89.2 Å². The molecule has 13 heavy (non-hydrogen) atoms. The molecule has 0 atom stereocenters. The standard InChI is InChI=1S/C10H19BrO2/c1-2-3-4-5-6-7-10(12)13-9-8-11/h2-9H2,1H3. The van der Waals surface area contributed by atoms with Gasteiger partial charge in [-0.3, -0.25) is 4.79 Å². The van der Waals surface area contributed by atoms with Crippen molar-refractivity contribution in [2.45, 2.75) is 45.4 Å². The molecule has 0 radical (unpaired) electrons. The van der Waals surface area contributed by atoms with Gasteiger partial charge in [-0.15, -0.1) is 0 Å². The zero-order valence-corrected chi connectivity index (χ0v) is 9.94. The van der Waals surface area contributed by atoms with E-state index in [0.717, 1.165) is 18.2 Å². The third-order valence-electron chi connectivity index (χ3n) is 1.82. The lowest BCUT2D eigenvalue weighted by atomic mass is 10.1. The van der Waals surface area contributed by atoms with Crippen molar-refractivity contribution < 1.29 is 9.53 Å². The summed E-state index contributed by atoms with van der Waals surface area (Å²) in [5.41, 5.74) is 0. The van der Waals surface area contributed by atoms with Crippen LogP contribution >= 0.6 is 15.9 Å². The third-order valence-corrected chi connectivity index (χ3v) is 2.15. The molecule has 0 saturated carbocycles. The van der Waals surface area contributed by atoms with Gasteiger partial charge in [0.15, 0.2) is 0 Å². The minimum atomic E-state index is -0.0593. The summed E-state index contributed by atoms with van der Waals surface area (Å²) < 4.78 is 4.91. The molecule has 3 heteroatoms. The molecule has 0 bridgehead atoms. The highest BCUT2D eigenvalue weighted by Crippen LogP contribution is 2.05. The number of unbranched alkanes of at least 4 members (excludes halogenated alkanes) is 4. The van der Waals surface area contributed by atoms with Gasteiger partial charge in [0.05, 0.1) is 0 Å². The predicted molar refractivity (Wildman–Crippen MR) is 58.1 cm³/mol. The van der Waals surface area contributed by atoms with Gasteiger partial charge in [0, 0.05) is 11.8 Å². The van der Waals surface area contributed by atoms with E-state index in [1.165, 1.54) is 19.3 Å². The van der Waals surface area contributed by atoms with Crippen LogP contribution in [0, 0.1) is 0 Å². The summed E-state index contributed by atoms with van der Waals surface area (Å²) in [6.07, 6.45) is 6.46. The second-order valence-corrected chi connectivity index (χ2v) is 3.87. The Kier molecular flexibility index (Phi) is 10.00. The summed E-state index contributed by atoms with van der Waals surface area (Å²) in [6.45, 7) is 2.68. The van der Waals surface area contributed by atoms with Crippen LogP contribution in [0.2, 0.25) is 0 Å². The number of hydrogen-bond acceptors (Lipinski definition) is 2. The average Bonchev–Trinajstić information content (AvgIpc) is 2.14. The Morgan fingerprint density at radius 1 is 1.23 bits per heavy atom. The maximum Gasteiger partial charge on any atom is 0.305 e. The Hall–Kier alpha value is -0.0500.